The molecule has 0 saturated heterocycles. The van der Waals surface area contributed by atoms with E-state index in [2.05, 4.69) is 4.74 Å². The van der Waals surface area contributed by atoms with E-state index in [0.29, 0.717) is 0 Å². The van der Waals surface area contributed by atoms with Crippen LogP contribution in [0.3, 0.4) is 0 Å². The van der Waals surface area contributed by atoms with Gasteiger partial charge in [0.2, 0.25) is 0 Å². The van der Waals surface area contributed by atoms with E-state index in [9.17, 15) is 4.79 Å². The van der Waals surface area contributed by atoms with E-state index >= 15 is 0 Å². The van der Waals surface area contributed by atoms with Gasteiger partial charge < -0.3 is 9.84 Å². The molecule has 0 saturated carbocycles. The molecule has 0 unspecified atom stereocenters. The molecule has 1 atom stereocenters. The number of aliphatic hydroxyl groups is 1. The number of nitriles is 1. The average molecular weight is 143 g/mol. The Labute approximate surface area is 59.0 Å². The van der Waals surface area contributed by atoms with E-state index < -0.39 is 12.1 Å². The molecule has 0 aliphatic heterocycles. The first kappa shape index (κ1) is 8.92. The molecule has 4 heteroatoms. The summed E-state index contributed by atoms with van der Waals surface area (Å²) < 4.78 is 4.26. The highest BCUT2D eigenvalue weighted by Gasteiger charge is 2.09. The van der Waals surface area contributed by atoms with Gasteiger partial charge in [0, 0.05) is 0 Å². The van der Waals surface area contributed by atoms with Crippen molar-refractivity contribution in [3.8, 4) is 6.07 Å². The SMILES string of the molecule is COC(=O)C[C@@H](O)CC#N. The number of aliphatic hydroxyl groups excluding tert-OH is 1. The molecule has 0 aliphatic carbocycles. The fraction of sp³-hybridized carbons (Fsp3) is 0.667. The predicted molar refractivity (Wildman–Crippen MR) is 32.9 cm³/mol. The molecule has 0 aliphatic rings. The van der Waals surface area contributed by atoms with Crippen molar-refractivity contribution in [3.63, 3.8) is 0 Å². The largest absolute Gasteiger partial charge is 0.469 e. The maximum atomic E-state index is 10.4. The number of carbonyl (C=O) groups is 1. The number of rotatable bonds is 3. The zero-order chi connectivity index (χ0) is 7.98. The standard InChI is InChI=1S/C6H9NO3/c1-10-6(9)4-5(8)2-3-7/h5,8H,2,4H2,1H3/t5-/m0/s1. The summed E-state index contributed by atoms with van der Waals surface area (Å²) in [5, 5.41) is 16.9. The van der Waals surface area contributed by atoms with E-state index in [-0.39, 0.29) is 12.8 Å². The van der Waals surface area contributed by atoms with Crippen molar-refractivity contribution >= 4 is 5.97 Å². The van der Waals surface area contributed by atoms with Gasteiger partial charge in [-0.1, -0.05) is 0 Å². The first-order chi connectivity index (χ1) is 4.70. The van der Waals surface area contributed by atoms with Crippen molar-refractivity contribution in [1.29, 1.82) is 5.26 Å². The maximum Gasteiger partial charge on any atom is 0.308 e. The molecular weight excluding hydrogens is 134 g/mol. The van der Waals surface area contributed by atoms with Gasteiger partial charge >= 0.3 is 5.97 Å². The Balaban J connectivity index is 3.49. The Hall–Kier alpha value is -1.08. The number of esters is 1. The van der Waals surface area contributed by atoms with Crippen LogP contribution in [0.5, 0.6) is 0 Å². The first-order valence-corrected chi connectivity index (χ1v) is 2.82. The van der Waals surface area contributed by atoms with E-state index in [1.807, 2.05) is 0 Å². The van der Waals surface area contributed by atoms with Crippen molar-refractivity contribution < 1.29 is 14.6 Å². The van der Waals surface area contributed by atoms with Crippen LogP contribution in [0.2, 0.25) is 0 Å². The van der Waals surface area contributed by atoms with Crippen molar-refractivity contribution in [2.75, 3.05) is 7.11 Å². The topological polar surface area (TPSA) is 70.3 Å². The van der Waals surface area contributed by atoms with E-state index in [4.69, 9.17) is 10.4 Å². The lowest BCUT2D eigenvalue weighted by Gasteiger charge is -2.02. The minimum Gasteiger partial charge on any atom is -0.469 e. The molecule has 56 valence electrons. The molecule has 0 aromatic heterocycles. The summed E-state index contributed by atoms with van der Waals surface area (Å²) in [6, 6.07) is 1.74. The summed E-state index contributed by atoms with van der Waals surface area (Å²) in [6.45, 7) is 0. The average Bonchev–Trinajstić information content (AvgIpc) is 1.88. The molecule has 0 rings (SSSR count). The third kappa shape index (κ3) is 3.87. The van der Waals surface area contributed by atoms with Gasteiger partial charge in [0.15, 0.2) is 0 Å². The second kappa shape index (κ2) is 4.77. The van der Waals surface area contributed by atoms with Crippen LogP contribution >= 0.6 is 0 Å². The Kier molecular flexibility index (Phi) is 4.25. The van der Waals surface area contributed by atoms with Crippen molar-refractivity contribution in [2.24, 2.45) is 0 Å². The summed E-state index contributed by atoms with van der Waals surface area (Å²) in [7, 11) is 1.24. The Morgan fingerprint density at radius 1 is 1.90 bits per heavy atom. The fourth-order valence-corrected chi connectivity index (χ4v) is 0.453. The van der Waals surface area contributed by atoms with Crippen LogP contribution in [0.25, 0.3) is 0 Å². The highest BCUT2D eigenvalue weighted by molar-refractivity contribution is 5.69. The van der Waals surface area contributed by atoms with E-state index in [1.54, 1.807) is 6.07 Å². The Bertz CT molecular complexity index is 150. The number of methoxy groups -OCH3 is 1. The summed E-state index contributed by atoms with van der Waals surface area (Å²) in [5.41, 5.74) is 0. The smallest absolute Gasteiger partial charge is 0.308 e. The summed E-state index contributed by atoms with van der Waals surface area (Å²) >= 11 is 0. The number of hydrogen-bond donors (Lipinski definition) is 1. The molecule has 1 N–H and O–H groups in total. The van der Waals surface area contributed by atoms with Gasteiger partial charge in [0.25, 0.3) is 0 Å². The monoisotopic (exact) mass is 143 g/mol. The zero-order valence-corrected chi connectivity index (χ0v) is 5.70. The van der Waals surface area contributed by atoms with Crippen molar-refractivity contribution in [3.05, 3.63) is 0 Å². The summed E-state index contributed by atoms with van der Waals surface area (Å²) in [5.74, 6) is -0.497. The van der Waals surface area contributed by atoms with Crippen LogP contribution in [-0.2, 0) is 9.53 Å². The highest BCUT2D eigenvalue weighted by Crippen LogP contribution is 1.96. The molecule has 4 nitrogen and oxygen atoms in total. The number of hydrogen-bond acceptors (Lipinski definition) is 4. The second-order valence-electron chi connectivity index (χ2n) is 1.80. The lowest BCUT2D eigenvalue weighted by Crippen LogP contribution is -2.13. The van der Waals surface area contributed by atoms with Gasteiger partial charge in [-0.15, -0.1) is 0 Å². The third-order valence-corrected chi connectivity index (χ3v) is 0.957. The summed E-state index contributed by atoms with van der Waals surface area (Å²) in [4.78, 5) is 10.4. The van der Waals surface area contributed by atoms with Crippen LogP contribution in [0.15, 0.2) is 0 Å². The Morgan fingerprint density at radius 2 is 2.50 bits per heavy atom. The van der Waals surface area contributed by atoms with Crippen LogP contribution in [-0.4, -0.2) is 24.3 Å². The Morgan fingerprint density at radius 3 is 2.90 bits per heavy atom. The summed E-state index contributed by atoms with van der Waals surface area (Å²) in [6.07, 6.45) is -1.03. The quantitative estimate of drug-likeness (QED) is 0.556. The van der Waals surface area contributed by atoms with Gasteiger partial charge in [-0.25, -0.2) is 0 Å². The molecular formula is C6H9NO3. The lowest BCUT2D eigenvalue weighted by atomic mass is 10.2. The highest BCUT2D eigenvalue weighted by atomic mass is 16.5. The number of nitrogens with zero attached hydrogens (tertiary/aromatic N) is 1. The molecule has 0 bridgehead atoms. The lowest BCUT2D eigenvalue weighted by molar-refractivity contribution is -0.142. The van der Waals surface area contributed by atoms with Crippen LogP contribution in [0.1, 0.15) is 12.8 Å². The third-order valence-electron chi connectivity index (χ3n) is 0.957. The molecule has 0 fully saturated rings. The molecule has 0 aromatic rings. The van der Waals surface area contributed by atoms with E-state index in [0.717, 1.165) is 0 Å². The van der Waals surface area contributed by atoms with Crippen LogP contribution in [0.4, 0.5) is 0 Å². The first-order valence-electron chi connectivity index (χ1n) is 2.82. The molecule has 0 amide bonds. The van der Waals surface area contributed by atoms with Gasteiger partial charge in [-0.2, -0.15) is 5.26 Å². The predicted octanol–water partition coefficient (Wildman–Crippen LogP) is -0.176. The molecule has 10 heavy (non-hydrogen) atoms. The van der Waals surface area contributed by atoms with E-state index in [1.165, 1.54) is 7.11 Å². The van der Waals surface area contributed by atoms with Gasteiger partial charge in [0.05, 0.1) is 32.1 Å². The number of carbonyl (C=O) groups excluding carboxylic acids is 1. The second-order valence-corrected chi connectivity index (χ2v) is 1.80. The normalized spacial score (nSPS) is 11.7. The van der Waals surface area contributed by atoms with Crippen molar-refractivity contribution in [1.82, 2.24) is 0 Å². The van der Waals surface area contributed by atoms with Crippen molar-refractivity contribution in [2.45, 2.75) is 18.9 Å². The molecule has 0 radical (unpaired) electrons. The zero-order valence-electron chi connectivity index (χ0n) is 5.70. The minimum atomic E-state index is -0.891. The van der Waals surface area contributed by atoms with Crippen LogP contribution < -0.4 is 0 Å². The van der Waals surface area contributed by atoms with Gasteiger partial charge in [-0.3, -0.25) is 4.79 Å². The fourth-order valence-electron chi connectivity index (χ4n) is 0.453. The maximum absolute atomic E-state index is 10.4. The van der Waals surface area contributed by atoms with Gasteiger partial charge in [0.1, 0.15) is 0 Å². The number of ether oxygens (including phenoxy) is 1. The molecule has 0 heterocycles. The van der Waals surface area contributed by atoms with Gasteiger partial charge in [-0.05, 0) is 0 Å². The minimum absolute atomic E-state index is 0.0326. The molecule has 0 spiro atoms. The molecule has 0 aromatic carbocycles. The van der Waals surface area contributed by atoms with Crippen LogP contribution in [0, 0.1) is 11.3 Å².